The highest BCUT2D eigenvalue weighted by Crippen LogP contribution is 2.37. The van der Waals surface area contributed by atoms with Crippen LogP contribution in [0.2, 0.25) is 0 Å². The number of benzene rings is 2. The Balaban J connectivity index is 1.56. The zero-order valence-electron chi connectivity index (χ0n) is 17.7. The molecule has 1 saturated carbocycles. The first kappa shape index (κ1) is 18.9. The Kier molecular flexibility index (Phi) is 4.38. The van der Waals surface area contributed by atoms with Crippen molar-refractivity contribution in [1.82, 2.24) is 30.2 Å². The highest BCUT2D eigenvalue weighted by Gasteiger charge is 2.23. The molecule has 1 N–H and O–H groups in total. The van der Waals surface area contributed by atoms with Crippen molar-refractivity contribution in [1.29, 1.82) is 0 Å². The molecule has 0 saturated heterocycles. The van der Waals surface area contributed by atoms with Crippen LogP contribution < -0.4 is 5.43 Å². The van der Waals surface area contributed by atoms with Crippen LogP contribution in [0.5, 0.6) is 0 Å². The molecule has 1 aliphatic carbocycles. The minimum absolute atomic E-state index is 0.00360. The highest BCUT2D eigenvalue weighted by atomic mass is 16.3. The van der Waals surface area contributed by atoms with E-state index in [4.69, 9.17) is 9.40 Å². The Morgan fingerprint density at radius 1 is 1.06 bits per heavy atom. The molecular formula is C24H22N6O2. The van der Waals surface area contributed by atoms with Gasteiger partial charge in [0.15, 0.2) is 11.3 Å². The molecule has 1 aliphatic rings. The van der Waals surface area contributed by atoms with Crippen molar-refractivity contribution in [2.45, 2.75) is 45.1 Å². The molecule has 8 nitrogen and oxygen atoms in total. The predicted molar refractivity (Wildman–Crippen MR) is 121 cm³/mol. The van der Waals surface area contributed by atoms with Gasteiger partial charge in [0.2, 0.25) is 0 Å². The van der Waals surface area contributed by atoms with Gasteiger partial charge in [0.25, 0.3) is 0 Å². The summed E-state index contributed by atoms with van der Waals surface area (Å²) in [5.41, 5.74) is 5.00. The first-order valence-electron chi connectivity index (χ1n) is 11.0. The van der Waals surface area contributed by atoms with Gasteiger partial charge >= 0.3 is 0 Å². The van der Waals surface area contributed by atoms with Crippen LogP contribution in [-0.4, -0.2) is 30.2 Å². The zero-order chi connectivity index (χ0) is 21.7. The van der Waals surface area contributed by atoms with Crippen LogP contribution in [-0.2, 0) is 0 Å². The van der Waals surface area contributed by atoms with Gasteiger partial charge in [0.05, 0.1) is 22.7 Å². The van der Waals surface area contributed by atoms with E-state index in [0.29, 0.717) is 28.4 Å². The third kappa shape index (κ3) is 3.02. The van der Waals surface area contributed by atoms with Crippen LogP contribution in [0, 0.1) is 6.92 Å². The highest BCUT2D eigenvalue weighted by molar-refractivity contribution is 5.87. The van der Waals surface area contributed by atoms with E-state index < -0.39 is 0 Å². The molecule has 0 aliphatic heterocycles. The SMILES string of the molecule is Cc1coc2cc(-c3nc4cc(-c5nnn[nH]5)ccc4n3C3CCCCC3)ccc2c1=O. The molecule has 3 heterocycles. The van der Waals surface area contributed by atoms with Gasteiger partial charge in [0.1, 0.15) is 11.4 Å². The molecule has 32 heavy (non-hydrogen) atoms. The molecule has 0 bridgehead atoms. The fourth-order valence-electron chi connectivity index (χ4n) is 4.80. The lowest BCUT2D eigenvalue weighted by molar-refractivity contribution is 0.362. The topological polar surface area (TPSA) is 102 Å². The Hall–Kier alpha value is -3.81. The van der Waals surface area contributed by atoms with Crippen molar-refractivity contribution in [2.24, 2.45) is 0 Å². The van der Waals surface area contributed by atoms with Crippen molar-refractivity contribution < 1.29 is 4.42 Å². The van der Waals surface area contributed by atoms with Crippen LogP contribution >= 0.6 is 0 Å². The van der Waals surface area contributed by atoms with Gasteiger partial charge in [0, 0.05) is 22.7 Å². The van der Waals surface area contributed by atoms with Gasteiger partial charge in [-0.2, -0.15) is 0 Å². The summed E-state index contributed by atoms with van der Waals surface area (Å²) in [6.45, 7) is 1.77. The number of imidazole rings is 1. The van der Waals surface area contributed by atoms with Crippen LogP contribution in [0.3, 0.4) is 0 Å². The number of rotatable bonds is 3. The van der Waals surface area contributed by atoms with Gasteiger partial charge in [-0.3, -0.25) is 4.79 Å². The summed E-state index contributed by atoms with van der Waals surface area (Å²) in [5.74, 6) is 1.51. The molecular weight excluding hydrogens is 404 g/mol. The molecule has 0 atom stereocenters. The van der Waals surface area contributed by atoms with Crippen LogP contribution in [0.4, 0.5) is 0 Å². The normalized spacial score (nSPS) is 15.0. The number of nitrogens with zero attached hydrogens (tertiary/aromatic N) is 5. The summed E-state index contributed by atoms with van der Waals surface area (Å²) in [4.78, 5) is 17.5. The second-order valence-corrected chi connectivity index (χ2v) is 8.51. The smallest absolute Gasteiger partial charge is 0.195 e. The lowest BCUT2D eigenvalue weighted by Crippen LogP contribution is -2.14. The molecule has 6 rings (SSSR count). The fourth-order valence-corrected chi connectivity index (χ4v) is 4.80. The Labute approximate surface area is 183 Å². The van der Waals surface area contributed by atoms with Crippen LogP contribution in [0.15, 0.2) is 51.9 Å². The van der Waals surface area contributed by atoms with Crippen LogP contribution in [0.1, 0.15) is 43.7 Å². The van der Waals surface area contributed by atoms with Crippen molar-refractivity contribution in [2.75, 3.05) is 0 Å². The molecule has 0 unspecified atom stereocenters. The summed E-state index contributed by atoms with van der Waals surface area (Å²) < 4.78 is 8.12. The Morgan fingerprint density at radius 3 is 2.72 bits per heavy atom. The molecule has 3 aromatic heterocycles. The fraction of sp³-hybridized carbons (Fsp3) is 0.292. The molecule has 160 valence electrons. The number of aromatic nitrogens is 6. The summed E-state index contributed by atoms with van der Waals surface area (Å²) in [5, 5.41) is 14.8. The number of hydrogen-bond donors (Lipinski definition) is 1. The van der Waals surface area contributed by atoms with Crippen LogP contribution in [0.25, 0.3) is 44.8 Å². The maximum atomic E-state index is 12.5. The predicted octanol–water partition coefficient (Wildman–Crippen LogP) is 4.80. The lowest BCUT2D eigenvalue weighted by atomic mass is 9.94. The zero-order valence-corrected chi connectivity index (χ0v) is 17.7. The number of nitrogens with one attached hydrogen (secondary N) is 1. The second-order valence-electron chi connectivity index (χ2n) is 8.51. The minimum atomic E-state index is 0.00360. The maximum absolute atomic E-state index is 12.5. The van der Waals surface area contributed by atoms with Gasteiger partial charge < -0.3 is 8.98 Å². The van der Waals surface area contributed by atoms with E-state index in [1.54, 1.807) is 6.92 Å². The average Bonchev–Trinajstić information content (AvgIpc) is 3.50. The molecule has 8 heteroatoms. The molecule has 1 fully saturated rings. The number of hydrogen-bond acceptors (Lipinski definition) is 6. The van der Waals surface area contributed by atoms with Crippen molar-refractivity contribution in [3.05, 3.63) is 58.4 Å². The van der Waals surface area contributed by atoms with Gasteiger partial charge in [-0.1, -0.05) is 25.3 Å². The van der Waals surface area contributed by atoms with Crippen molar-refractivity contribution in [3.8, 4) is 22.8 Å². The van der Waals surface area contributed by atoms with Gasteiger partial charge in [-0.05, 0) is 60.5 Å². The quantitative estimate of drug-likeness (QED) is 0.444. The maximum Gasteiger partial charge on any atom is 0.195 e. The summed E-state index contributed by atoms with van der Waals surface area (Å²) in [6, 6.07) is 12.3. The number of tetrazole rings is 1. The molecule has 2 aromatic carbocycles. The first-order chi connectivity index (χ1) is 15.7. The minimum Gasteiger partial charge on any atom is -0.464 e. The lowest BCUT2D eigenvalue weighted by Gasteiger charge is -2.25. The van der Waals surface area contributed by atoms with E-state index >= 15 is 0 Å². The Bertz CT molecular complexity index is 1490. The third-order valence-electron chi connectivity index (χ3n) is 6.45. The number of aromatic amines is 1. The second kappa shape index (κ2) is 7.40. The summed E-state index contributed by atoms with van der Waals surface area (Å²) in [6.07, 6.45) is 7.51. The van der Waals surface area contributed by atoms with E-state index in [2.05, 4.69) is 31.3 Å². The van der Waals surface area contributed by atoms with Gasteiger partial charge in [-0.15, -0.1) is 5.10 Å². The van der Waals surface area contributed by atoms with E-state index in [9.17, 15) is 4.79 Å². The number of fused-ring (bicyclic) bond motifs is 2. The first-order valence-corrected chi connectivity index (χ1v) is 11.0. The summed E-state index contributed by atoms with van der Waals surface area (Å²) >= 11 is 0. The van der Waals surface area contributed by atoms with Crippen molar-refractivity contribution >= 4 is 22.0 Å². The monoisotopic (exact) mass is 426 g/mol. The summed E-state index contributed by atoms with van der Waals surface area (Å²) in [7, 11) is 0. The number of aryl methyl sites for hydroxylation is 1. The molecule has 0 radical (unpaired) electrons. The average molecular weight is 426 g/mol. The van der Waals surface area contributed by atoms with E-state index in [-0.39, 0.29) is 5.43 Å². The van der Waals surface area contributed by atoms with E-state index in [1.165, 1.54) is 25.5 Å². The third-order valence-corrected chi connectivity index (χ3v) is 6.45. The van der Waals surface area contributed by atoms with Crippen molar-refractivity contribution in [3.63, 3.8) is 0 Å². The molecule has 0 spiro atoms. The largest absolute Gasteiger partial charge is 0.464 e. The van der Waals surface area contributed by atoms with Gasteiger partial charge in [-0.25, -0.2) is 10.1 Å². The van der Waals surface area contributed by atoms with E-state index in [1.807, 2.05) is 30.3 Å². The molecule has 0 amide bonds. The molecule has 5 aromatic rings. The number of H-pyrrole nitrogens is 1. The van der Waals surface area contributed by atoms with E-state index in [0.717, 1.165) is 40.8 Å². The Morgan fingerprint density at radius 2 is 1.91 bits per heavy atom. The standard InChI is InChI=1S/C24H22N6O2/c1-14-13-32-21-12-16(7-9-18(21)22(14)31)24-25-19-11-15(23-26-28-29-27-23)8-10-20(19)30(24)17-5-3-2-4-6-17/h7-13,17H,2-6H2,1H3,(H,26,27,28,29).